The minimum atomic E-state index is -0.460. The minimum absolute atomic E-state index is 0.128. The normalized spacial score (nSPS) is 20.2. The van der Waals surface area contributed by atoms with Gasteiger partial charge in [0.15, 0.2) is 5.13 Å². The molecule has 0 bridgehead atoms. The fraction of sp³-hybridized carbons (Fsp3) is 0.312. The molecule has 1 aromatic carbocycles. The third-order valence-electron chi connectivity index (χ3n) is 4.06. The van der Waals surface area contributed by atoms with Crippen molar-refractivity contribution in [1.82, 2.24) is 4.98 Å². The Hall–Kier alpha value is -2.21. The quantitative estimate of drug-likeness (QED) is 0.914. The Morgan fingerprint density at radius 2 is 2.14 bits per heavy atom. The van der Waals surface area contributed by atoms with E-state index in [0.29, 0.717) is 11.0 Å². The van der Waals surface area contributed by atoms with E-state index in [1.807, 2.05) is 29.6 Å². The highest BCUT2D eigenvalue weighted by Crippen LogP contribution is 2.41. The summed E-state index contributed by atoms with van der Waals surface area (Å²) in [5.74, 6) is -0.183. The molecule has 5 nitrogen and oxygen atoms in total. The van der Waals surface area contributed by atoms with E-state index in [9.17, 15) is 9.59 Å². The van der Waals surface area contributed by atoms with Crippen molar-refractivity contribution in [3.8, 4) is 0 Å². The highest BCUT2D eigenvalue weighted by atomic mass is 32.1. The number of thiazole rings is 1. The minimum Gasteiger partial charge on any atom is -0.326 e. The Labute approximate surface area is 131 Å². The van der Waals surface area contributed by atoms with Crippen LogP contribution in [0.2, 0.25) is 0 Å². The Kier molecular flexibility index (Phi) is 3.18. The van der Waals surface area contributed by atoms with E-state index < -0.39 is 5.92 Å². The third-order valence-corrected chi connectivity index (χ3v) is 4.84. The van der Waals surface area contributed by atoms with Crippen LogP contribution in [0.25, 0.3) is 0 Å². The van der Waals surface area contributed by atoms with E-state index in [-0.39, 0.29) is 18.2 Å². The number of carbonyl (C=O) groups is 2. The second-order valence-corrected chi connectivity index (χ2v) is 6.59. The lowest BCUT2D eigenvalue weighted by Gasteiger charge is -2.24. The molecule has 1 atom stereocenters. The Morgan fingerprint density at radius 3 is 2.95 bits per heavy atom. The number of nitrogens with one attached hydrogen (secondary N) is 2. The molecule has 1 fully saturated rings. The van der Waals surface area contributed by atoms with Gasteiger partial charge in [-0.1, -0.05) is 18.2 Å². The zero-order valence-corrected chi connectivity index (χ0v) is 12.7. The van der Waals surface area contributed by atoms with Gasteiger partial charge in [0, 0.05) is 23.4 Å². The van der Waals surface area contributed by atoms with Crippen LogP contribution in [0.1, 0.15) is 42.4 Å². The van der Waals surface area contributed by atoms with Crippen molar-refractivity contribution in [2.75, 3.05) is 10.6 Å². The van der Waals surface area contributed by atoms with Crippen molar-refractivity contribution in [1.29, 1.82) is 0 Å². The number of anilines is 2. The average molecular weight is 313 g/mol. The summed E-state index contributed by atoms with van der Waals surface area (Å²) in [5, 5.41) is 8.30. The molecule has 2 aromatic rings. The number of nitrogens with zero attached hydrogens (tertiary/aromatic N) is 1. The van der Waals surface area contributed by atoms with Crippen LogP contribution in [0, 0.1) is 0 Å². The van der Waals surface area contributed by atoms with Crippen LogP contribution in [0.5, 0.6) is 0 Å². The van der Waals surface area contributed by atoms with Gasteiger partial charge in [0.05, 0.1) is 11.6 Å². The molecule has 2 aliphatic rings. The summed E-state index contributed by atoms with van der Waals surface area (Å²) in [6, 6.07) is 7.44. The maximum atomic E-state index is 12.5. The van der Waals surface area contributed by atoms with Gasteiger partial charge in [-0.05, 0) is 24.5 Å². The average Bonchev–Trinajstić information content (AvgIpc) is 3.26. The van der Waals surface area contributed by atoms with E-state index >= 15 is 0 Å². The van der Waals surface area contributed by atoms with Crippen molar-refractivity contribution in [2.24, 2.45) is 0 Å². The number of benzene rings is 1. The predicted octanol–water partition coefficient (Wildman–Crippen LogP) is 3.09. The Morgan fingerprint density at radius 1 is 1.32 bits per heavy atom. The monoisotopic (exact) mass is 313 g/mol. The molecule has 22 heavy (non-hydrogen) atoms. The molecule has 112 valence electrons. The summed E-state index contributed by atoms with van der Waals surface area (Å²) in [6.45, 7) is 0. The summed E-state index contributed by atoms with van der Waals surface area (Å²) in [5.41, 5.74) is 2.65. The molecule has 0 unspecified atom stereocenters. The smallest absolute Gasteiger partial charge is 0.234 e. The fourth-order valence-corrected chi connectivity index (χ4v) is 3.54. The van der Waals surface area contributed by atoms with Crippen molar-refractivity contribution in [3.63, 3.8) is 0 Å². The molecule has 2 heterocycles. The summed E-state index contributed by atoms with van der Waals surface area (Å²) < 4.78 is 0. The van der Waals surface area contributed by atoms with Gasteiger partial charge in [-0.25, -0.2) is 4.98 Å². The van der Waals surface area contributed by atoms with Crippen LogP contribution in [0.15, 0.2) is 29.6 Å². The molecule has 6 heteroatoms. The first-order chi connectivity index (χ1) is 10.7. The van der Waals surface area contributed by atoms with E-state index in [2.05, 4.69) is 15.6 Å². The topological polar surface area (TPSA) is 71.1 Å². The lowest BCUT2D eigenvalue weighted by atomic mass is 9.90. The highest BCUT2D eigenvalue weighted by molar-refractivity contribution is 7.13. The SMILES string of the molecule is O=C1C[C@@H](C(=O)Nc2nc(C3CC3)cs2)c2ccccc2N1. The van der Waals surface area contributed by atoms with E-state index in [1.165, 1.54) is 24.2 Å². The van der Waals surface area contributed by atoms with Gasteiger partial charge in [-0.15, -0.1) is 11.3 Å². The van der Waals surface area contributed by atoms with Crippen LogP contribution in [0.4, 0.5) is 10.8 Å². The fourth-order valence-electron chi connectivity index (χ4n) is 2.75. The van der Waals surface area contributed by atoms with Gasteiger partial charge >= 0.3 is 0 Å². The third kappa shape index (κ3) is 2.50. The highest BCUT2D eigenvalue weighted by Gasteiger charge is 2.31. The molecular weight excluding hydrogens is 298 g/mol. The Balaban J connectivity index is 1.55. The van der Waals surface area contributed by atoms with Gasteiger partial charge in [0.2, 0.25) is 11.8 Å². The first kappa shape index (κ1) is 13.5. The molecule has 1 aliphatic carbocycles. The van der Waals surface area contributed by atoms with Crippen molar-refractivity contribution < 1.29 is 9.59 Å². The maximum absolute atomic E-state index is 12.5. The zero-order chi connectivity index (χ0) is 15.1. The number of para-hydroxylation sites is 1. The van der Waals surface area contributed by atoms with Crippen molar-refractivity contribution in [3.05, 3.63) is 40.9 Å². The number of rotatable bonds is 3. The van der Waals surface area contributed by atoms with Crippen LogP contribution >= 0.6 is 11.3 Å². The molecule has 0 saturated heterocycles. The Bertz CT molecular complexity index is 751. The van der Waals surface area contributed by atoms with E-state index in [0.717, 1.165) is 16.9 Å². The van der Waals surface area contributed by atoms with Gasteiger partial charge in [0.25, 0.3) is 0 Å². The summed E-state index contributed by atoms with van der Waals surface area (Å²) in [7, 11) is 0. The molecule has 0 radical (unpaired) electrons. The predicted molar refractivity (Wildman–Crippen MR) is 85.1 cm³/mol. The number of fused-ring (bicyclic) bond motifs is 1. The van der Waals surface area contributed by atoms with Crippen LogP contribution in [0.3, 0.4) is 0 Å². The number of aromatic nitrogens is 1. The zero-order valence-electron chi connectivity index (χ0n) is 11.8. The van der Waals surface area contributed by atoms with Crippen LogP contribution < -0.4 is 10.6 Å². The van der Waals surface area contributed by atoms with Crippen LogP contribution in [-0.2, 0) is 9.59 Å². The lowest BCUT2D eigenvalue weighted by Crippen LogP contribution is -2.30. The number of hydrogen-bond donors (Lipinski definition) is 2. The second-order valence-electron chi connectivity index (χ2n) is 5.73. The van der Waals surface area contributed by atoms with E-state index in [1.54, 1.807) is 0 Å². The molecule has 1 aromatic heterocycles. The number of hydrogen-bond acceptors (Lipinski definition) is 4. The molecule has 2 N–H and O–H groups in total. The summed E-state index contributed by atoms with van der Waals surface area (Å²) in [6.07, 6.45) is 2.55. The molecule has 1 saturated carbocycles. The molecule has 4 rings (SSSR count). The first-order valence-corrected chi connectivity index (χ1v) is 8.24. The van der Waals surface area contributed by atoms with Crippen molar-refractivity contribution >= 4 is 34.0 Å². The summed E-state index contributed by atoms with van der Waals surface area (Å²) >= 11 is 1.45. The molecule has 2 amide bonds. The summed E-state index contributed by atoms with van der Waals surface area (Å²) in [4.78, 5) is 28.8. The lowest BCUT2D eigenvalue weighted by molar-refractivity contribution is -0.123. The van der Waals surface area contributed by atoms with Crippen molar-refractivity contribution in [2.45, 2.75) is 31.1 Å². The van der Waals surface area contributed by atoms with Gasteiger partial charge < -0.3 is 10.6 Å². The number of amides is 2. The first-order valence-electron chi connectivity index (χ1n) is 7.36. The molecule has 0 spiro atoms. The van der Waals surface area contributed by atoms with E-state index in [4.69, 9.17) is 0 Å². The number of carbonyl (C=O) groups excluding carboxylic acids is 2. The molecular formula is C16H15N3O2S. The molecule has 1 aliphatic heterocycles. The standard InChI is InChI=1S/C16H15N3O2S/c20-14-7-11(10-3-1-2-4-12(10)17-14)15(21)19-16-18-13(8-22-16)9-5-6-9/h1-4,8-9,11H,5-7H2,(H,17,20)(H,18,19,21)/t11-/m1/s1. The van der Waals surface area contributed by atoms with Gasteiger partial charge in [-0.2, -0.15) is 0 Å². The van der Waals surface area contributed by atoms with Crippen LogP contribution in [-0.4, -0.2) is 16.8 Å². The van der Waals surface area contributed by atoms with Gasteiger partial charge in [0.1, 0.15) is 0 Å². The maximum Gasteiger partial charge on any atom is 0.234 e. The largest absolute Gasteiger partial charge is 0.326 e. The second kappa shape index (κ2) is 5.21. The van der Waals surface area contributed by atoms with Gasteiger partial charge in [-0.3, -0.25) is 9.59 Å².